The molecule has 0 aliphatic rings. The van der Waals surface area contributed by atoms with Gasteiger partial charge in [0, 0.05) is 5.92 Å². The molecule has 84 valence electrons. The molecule has 0 unspecified atom stereocenters. The van der Waals surface area contributed by atoms with Crippen molar-refractivity contribution in [1.82, 2.24) is 0 Å². The van der Waals surface area contributed by atoms with E-state index in [0.29, 0.717) is 5.75 Å². The first-order valence-corrected chi connectivity index (χ1v) is 4.84. The zero-order valence-electron chi connectivity index (χ0n) is 8.47. The largest absolute Gasteiger partial charge is 0.493 e. The molecule has 0 heterocycles. The number of hydrogen-bond donors (Lipinski definition) is 3. The highest BCUT2D eigenvalue weighted by Gasteiger charge is 2.06. The molecule has 0 bridgehead atoms. The molecule has 0 fully saturated rings. The van der Waals surface area contributed by atoms with Crippen molar-refractivity contribution < 1.29 is 20.1 Å². The predicted octanol–water partition coefficient (Wildman–Crippen LogP) is 0.159. The normalized spacial score (nSPS) is 10.7. The van der Waals surface area contributed by atoms with E-state index in [1.165, 1.54) is 0 Å². The molecule has 15 heavy (non-hydrogen) atoms. The minimum atomic E-state index is -0.248. The van der Waals surface area contributed by atoms with Gasteiger partial charge in [0.05, 0.1) is 26.4 Å². The lowest BCUT2D eigenvalue weighted by molar-refractivity contribution is 0.106. The number of rotatable bonds is 6. The maximum atomic E-state index is 8.82. The van der Waals surface area contributed by atoms with Gasteiger partial charge in [0.1, 0.15) is 5.75 Å². The van der Waals surface area contributed by atoms with Gasteiger partial charge in [-0.3, -0.25) is 0 Å². The average molecular weight is 212 g/mol. The van der Waals surface area contributed by atoms with Gasteiger partial charge in [-0.15, -0.1) is 0 Å². The lowest BCUT2D eigenvalue weighted by Crippen LogP contribution is -2.19. The second kappa shape index (κ2) is 6.40. The van der Waals surface area contributed by atoms with Gasteiger partial charge in [0.25, 0.3) is 0 Å². The Bertz CT molecular complexity index is 266. The topological polar surface area (TPSA) is 69.9 Å². The van der Waals surface area contributed by atoms with Crippen LogP contribution in [-0.2, 0) is 6.61 Å². The monoisotopic (exact) mass is 212 g/mol. The van der Waals surface area contributed by atoms with Gasteiger partial charge in [-0.2, -0.15) is 0 Å². The Morgan fingerprint density at radius 2 is 1.60 bits per heavy atom. The summed E-state index contributed by atoms with van der Waals surface area (Å²) in [6.07, 6.45) is 0. The molecule has 0 aromatic heterocycles. The Kier molecular flexibility index (Phi) is 5.10. The maximum Gasteiger partial charge on any atom is 0.119 e. The van der Waals surface area contributed by atoms with Crippen LogP contribution in [0.15, 0.2) is 24.3 Å². The third-order valence-electron chi connectivity index (χ3n) is 2.11. The molecule has 0 radical (unpaired) electrons. The summed E-state index contributed by atoms with van der Waals surface area (Å²) >= 11 is 0. The van der Waals surface area contributed by atoms with Crippen molar-refractivity contribution in [3.05, 3.63) is 29.8 Å². The number of aliphatic hydroxyl groups excluding tert-OH is 3. The molecule has 1 rings (SSSR count). The van der Waals surface area contributed by atoms with E-state index in [2.05, 4.69) is 0 Å². The van der Waals surface area contributed by atoms with Gasteiger partial charge in [-0.05, 0) is 17.7 Å². The molecule has 0 spiro atoms. The summed E-state index contributed by atoms with van der Waals surface area (Å²) < 4.78 is 5.35. The Labute approximate surface area is 88.8 Å². The first-order valence-electron chi connectivity index (χ1n) is 4.84. The van der Waals surface area contributed by atoms with Crippen LogP contribution in [0.4, 0.5) is 0 Å². The first-order chi connectivity index (χ1) is 7.30. The molecular weight excluding hydrogens is 196 g/mol. The van der Waals surface area contributed by atoms with Crippen molar-refractivity contribution in [3.63, 3.8) is 0 Å². The van der Waals surface area contributed by atoms with E-state index < -0.39 is 0 Å². The molecule has 4 heteroatoms. The van der Waals surface area contributed by atoms with Crippen LogP contribution in [0.25, 0.3) is 0 Å². The minimum Gasteiger partial charge on any atom is -0.493 e. The number of benzene rings is 1. The fourth-order valence-electron chi connectivity index (χ4n) is 1.07. The van der Waals surface area contributed by atoms with Crippen molar-refractivity contribution in [2.75, 3.05) is 19.8 Å². The lowest BCUT2D eigenvalue weighted by atomic mass is 10.2. The van der Waals surface area contributed by atoms with Crippen molar-refractivity contribution >= 4 is 0 Å². The summed E-state index contributed by atoms with van der Waals surface area (Å²) in [4.78, 5) is 0. The van der Waals surface area contributed by atoms with Crippen LogP contribution in [0, 0.1) is 5.92 Å². The molecule has 0 aliphatic carbocycles. The summed E-state index contributed by atoms with van der Waals surface area (Å²) in [7, 11) is 0. The van der Waals surface area contributed by atoms with E-state index in [9.17, 15) is 0 Å². The van der Waals surface area contributed by atoms with Crippen LogP contribution in [0.5, 0.6) is 5.75 Å². The molecule has 1 aromatic rings. The third kappa shape index (κ3) is 3.87. The zero-order valence-corrected chi connectivity index (χ0v) is 8.47. The Balaban J connectivity index is 2.43. The van der Waals surface area contributed by atoms with E-state index in [-0.39, 0.29) is 32.3 Å². The lowest BCUT2D eigenvalue weighted by Gasteiger charge is -2.12. The molecule has 0 saturated carbocycles. The average Bonchev–Trinajstić information content (AvgIpc) is 2.31. The van der Waals surface area contributed by atoms with Gasteiger partial charge >= 0.3 is 0 Å². The molecule has 3 N–H and O–H groups in total. The van der Waals surface area contributed by atoms with Crippen LogP contribution in [0.3, 0.4) is 0 Å². The minimum absolute atomic E-state index is 0.0101. The second-order valence-corrected chi connectivity index (χ2v) is 3.34. The van der Waals surface area contributed by atoms with E-state index in [1.54, 1.807) is 24.3 Å². The number of hydrogen-bond acceptors (Lipinski definition) is 4. The van der Waals surface area contributed by atoms with Crippen molar-refractivity contribution in [1.29, 1.82) is 0 Å². The summed E-state index contributed by atoms with van der Waals surface area (Å²) in [5.74, 6) is 0.418. The maximum absolute atomic E-state index is 8.82. The van der Waals surface area contributed by atoms with Crippen molar-refractivity contribution in [2.45, 2.75) is 6.61 Å². The highest BCUT2D eigenvalue weighted by atomic mass is 16.5. The fourth-order valence-corrected chi connectivity index (χ4v) is 1.07. The molecule has 0 amide bonds. The SMILES string of the molecule is OCc1ccc(OCC(CO)CO)cc1. The third-order valence-corrected chi connectivity index (χ3v) is 2.11. The zero-order chi connectivity index (χ0) is 11.1. The van der Waals surface area contributed by atoms with Gasteiger partial charge in [-0.1, -0.05) is 12.1 Å². The van der Waals surface area contributed by atoms with E-state index in [4.69, 9.17) is 20.1 Å². The smallest absolute Gasteiger partial charge is 0.119 e. The standard InChI is InChI=1S/C11H16O4/c12-5-9-1-3-11(4-2-9)15-8-10(6-13)7-14/h1-4,10,12-14H,5-8H2. The molecule has 4 nitrogen and oxygen atoms in total. The molecule has 0 aliphatic heterocycles. The highest BCUT2D eigenvalue weighted by molar-refractivity contribution is 5.26. The summed E-state index contributed by atoms with van der Waals surface area (Å²) in [5.41, 5.74) is 0.822. The van der Waals surface area contributed by atoms with Crippen molar-refractivity contribution in [2.24, 2.45) is 5.92 Å². The summed E-state index contributed by atoms with van der Waals surface area (Å²) in [6.45, 7) is 0.109. The van der Waals surface area contributed by atoms with Crippen LogP contribution in [0.1, 0.15) is 5.56 Å². The molecule has 0 saturated heterocycles. The second-order valence-electron chi connectivity index (χ2n) is 3.34. The highest BCUT2D eigenvalue weighted by Crippen LogP contribution is 2.13. The van der Waals surface area contributed by atoms with Gasteiger partial charge in [0.2, 0.25) is 0 Å². The number of ether oxygens (including phenoxy) is 1. The van der Waals surface area contributed by atoms with E-state index in [1.807, 2.05) is 0 Å². The first kappa shape index (κ1) is 12.0. The fraction of sp³-hybridized carbons (Fsp3) is 0.455. The summed E-state index contributed by atoms with van der Waals surface area (Å²) in [6, 6.07) is 7.03. The quantitative estimate of drug-likeness (QED) is 0.628. The Hall–Kier alpha value is -1.10. The van der Waals surface area contributed by atoms with Crippen LogP contribution in [-0.4, -0.2) is 35.1 Å². The van der Waals surface area contributed by atoms with E-state index in [0.717, 1.165) is 5.56 Å². The van der Waals surface area contributed by atoms with Crippen LogP contribution < -0.4 is 4.74 Å². The van der Waals surface area contributed by atoms with Gasteiger partial charge in [-0.25, -0.2) is 0 Å². The van der Waals surface area contributed by atoms with Gasteiger partial charge < -0.3 is 20.1 Å². The molecular formula is C11H16O4. The molecule has 1 aromatic carbocycles. The van der Waals surface area contributed by atoms with Gasteiger partial charge in [0.15, 0.2) is 0 Å². The summed E-state index contributed by atoms with van der Waals surface area (Å²) in [5, 5.41) is 26.4. The van der Waals surface area contributed by atoms with Crippen LogP contribution >= 0.6 is 0 Å². The Morgan fingerprint density at radius 1 is 1.00 bits per heavy atom. The number of aliphatic hydroxyl groups is 3. The molecule has 0 atom stereocenters. The predicted molar refractivity (Wildman–Crippen MR) is 55.5 cm³/mol. The Morgan fingerprint density at radius 3 is 2.07 bits per heavy atom. The van der Waals surface area contributed by atoms with Crippen molar-refractivity contribution in [3.8, 4) is 5.75 Å². The van der Waals surface area contributed by atoms with E-state index >= 15 is 0 Å². The van der Waals surface area contributed by atoms with Crippen LogP contribution in [0.2, 0.25) is 0 Å².